The van der Waals surface area contributed by atoms with E-state index in [9.17, 15) is 0 Å². The van der Waals surface area contributed by atoms with Gasteiger partial charge in [-0.15, -0.1) is 0 Å². The lowest BCUT2D eigenvalue weighted by Crippen LogP contribution is -2.13. The summed E-state index contributed by atoms with van der Waals surface area (Å²) in [6.07, 6.45) is 0. The highest BCUT2D eigenvalue weighted by molar-refractivity contribution is 9.10. The zero-order valence-electron chi connectivity index (χ0n) is 13.8. The lowest BCUT2D eigenvalue weighted by atomic mass is 9.96. The monoisotopic (exact) mass is 369 g/mol. The molecule has 0 aliphatic heterocycles. The third-order valence-electron chi connectivity index (χ3n) is 3.66. The Kier molecular flexibility index (Phi) is 4.11. The lowest BCUT2D eigenvalue weighted by molar-refractivity contribution is 0.553. The number of halogens is 1. The molecule has 0 fully saturated rings. The Morgan fingerprint density at radius 2 is 1.74 bits per heavy atom. The van der Waals surface area contributed by atoms with Gasteiger partial charge in [0.05, 0.1) is 17.1 Å². The van der Waals surface area contributed by atoms with Crippen molar-refractivity contribution in [3.8, 4) is 22.6 Å². The fourth-order valence-electron chi connectivity index (χ4n) is 2.44. The predicted octanol–water partition coefficient (Wildman–Crippen LogP) is 5.51. The lowest BCUT2D eigenvalue weighted by Gasteiger charge is -2.14. The van der Waals surface area contributed by atoms with E-state index in [-0.39, 0.29) is 5.41 Å². The fraction of sp³-hybridized carbons (Fsp3) is 0.263. The van der Waals surface area contributed by atoms with Gasteiger partial charge in [0.2, 0.25) is 0 Å². The number of benzene rings is 1. The Bertz CT molecular complexity index is 781. The average Bonchev–Trinajstić information content (AvgIpc) is 2.92. The summed E-state index contributed by atoms with van der Waals surface area (Å²) >= 11 is 3.54. The largest absolute Gasteiger partial charge is 0.340 e. The van der Waals surface area contributed by atoms with Crippen LogP contribution in [0.5, 0.6) is 0 Å². The van der Waals surface area contributed by atoms with Crippen molar-refractivity contribution in [1.82, 2.24) is 15.0 Å². The number of imidazole rings is 1. The summed E-state index contributed by atoms with van der Waals surface area (Å²) in [7, 11) is 0. The van der Waals surface area contributed by atoms with E-state index in [2.05, 4.69) is 58.8 Å². The summed E-state index contributed by atoms with van der Waals surface area (Å²) in [5, 5.41) is 0. The van der Waals surface area contributed by atoms with Crippen molar-refractivity contribution in [2.75, 3.05) is 0 Å². The van der Waals surface area contributed by atoms with Gasteiger partial charge < -0.3 is 4.98 Å². The molecule has 0 saturated carbocycles. The number of nitrogens with zero attached hydrogens (tertiary/aromatic N) is 2. The highest BCUT2D eigenvalue weighted by Gasteiger charge is 2.23. The van der Waals surface area contributed by atoms with E-state index in [0.717, 1.165) is 38.6 Å². The molecule has 0 aliphatic rings. The van der Waals surface area contributed by atoms with Crippen LogP contribution < -0.4 is 0 Å². The maximum atomic E-state index is 4.88. The summed E-state index contributed by atoms with van der Waals surface area (Å²) < 4.78 is 1.04. The summed E-state index contributed by atoms with van der Waals surface area (Å²) in [5.74, 6) is 0.964. The number of rotatable bonds is 2. The first-order valence-corrected chi connectivity index (χ1v) is 8.44. The van der Waals surface area contributed by atoms with Gasteiger partial charge in [-0.05, 0) is 31.2 Å². The molecule has 0 amide bonds. The molecule has 3 nitrogen and oxygen atoms in total. The summed E-state index contributed by atoms with van der Waals surface area (Å²) in [4.78, 5) is 13.0. The molecule has 3 rings (SSSR count). The highest BCUT2D eigenvalue weighted by atomic mass is 79.9. The first-order chi connectivity index (χ1) is 10.8. The molecule has 0 radical (unpaired) electrons. The standard InChI is InChI=1S/C19H20BrN3/c1-12-7-5-10-15(21-12)17-16(13-8-6-9-14(20)11-13)22-18(23-17)19(2,3)4/h5-11H,1-4H3,(H,22,23). The van der Waals surface area contributed by atoms with Gasteiger partial charge in [0.1, 0.15) is 5.82 Å². The second-order valence-corrected chi connectivity index (χ2v) is 7.65. The van der Waals surface area contributed by atoms with Crippen LogP contribution in [0.25, 0.3) is 22.6 Å². The zero-order valence-corrected chi connectivity index (χ0v) is 15.4. The minimum Gasteiger partial charge on any atom is -0.340 e. The van der Waals surface area contributed by atoms with Gasteiger partial charge in [-0.25, -0.2) is 4.98 Å². The van der Waals surface area contributed by atoms with Crippen LogP contribution in [0.4, 0.5) is 0 Å². The predicted molar refractivity (Wildman–Crippen MR) is 98.4 cm³/mol. The van der Waals surface area contributed by atoms with Crippen molar-refractivity contribution in [3.63, 3.8) is 0 Å². The zero-order chi connectivity index (χ0) is 16.6. The summed E-state index contributed by atoms with van der Waals surface area (Å²) in [6, 6.07) is 14.3. The Labute approximate surface area is 145 Å². The Morgan fingerprint density at radius 3 is 2.39 bits per heavy atom. The van der Waals surface area contributed by atoms with Crippen molar-refractivity contribution in [3.05, 3.63) is 58.5 Å². The van der Waals surface area contributed by atoms with Gasteiger partial charge in [-0.3, -0.25) is 4.98 Å². The number of aromatic amines is 1. The summed E-state index contributed by atoms with van der Waals surface area (Å²) in [5.41, 5.74) is 4.84. The second kappa shape index (κ2) is 5.93. The van der Waals surface area contributed by atoms with Gasteiger partial charge in [0.25, 0.3) is 0 Å². The van der Waals surface area contributed by atoms with Crippen LogP contribution in [-0.2, 0) is 5.41 Å². The number of hydrogen-bond acceptors (Lipinski definition) is 2. The van der Waals surface area contributed by atoms with E-state index in [1.807, 2.05) is 37.3 Å². The van der Waals surface area contributed by atoms with Gasteiger partial charge >= 0.3 is 0 Å². The van der Waals surface area contributed by atoms with E-state index in [1.54, 1.807) is 0 Å². The normalized spacial score (nSPS) is 11.7. The first kappa shape index (κ1) is 15.9. The van der Waals surface area contributed by atoms with Crippen LogP contribution in [0.2, 0.25) is 0 Å². The second-order valence-electron chi connectivity index (χ2n) is 6.73. The maximum Gasteiger partial charge on any atom is 0.112 e. The third-order valence-corrected chi connectivity index (χ3v) is 4.15. The molecule has 0 bridgehead atoms. The highest BCUT2D eigenvalue weighted by Crippen LogP contribution is 2.33. The molecule has 118 valence electrons. The Hall–Kier alpha value is -1.94. The molecule has 0 spiro atoms. The quantitative estimate of drug-likeness (QED) is 0.647. The molecule has 0 aliphatic carbocycles. The third kappa shape index (κ3) is 3.37. The van der Waals surface area contributed by atoms with Gasteiger partial charge in [-0.1, -0.05) is 54.9 Å². The molecule has 2 heterocycles. The van der Waals surface area contributed by atoms with Crippen LogP contribution in [0, 0.1) is 6.92 Å². The van der Waals surface area contributed by atoms with Crippen LogP contribution in [0.3, 0.4) is 0 Å². The van der Waals surface area contributed by atoms with E-state index in [4.69, 9.17) is 4.98 Å². The van der Waals surface area contributed by atoms with E-state index >= 15 is 0 Å². The number of nitrogens with one attached hydrogen (secondary N) is 1. The smallest absolute Gasteiger partial charge is 0.112 e. The van der Waals surface area contributed by atoms with Crippen LogP contribution in [0.15, 0.2) is 46.9 Å². The molecule has 23 heavy (non-hydrogen) atoms. The Balaban J connectivity index is 2.23. The van der Waals surface area contributed by atoms with Gasteiger partial charge in [-0.2, -0.15) is 0 Å². The molecule has 0 saturated heterocycles. The molecule has 0 atom stereocenters. The van der Waals surface area contributed by atoms with Gasteiger partial charge in [0.15, 0.2) is 0 Å². The van der Waals surface area contributed by atoms with E-state index in [0.29, 0.717) is 0 Å². The summed E-state index contributed by atoms with van der Waals surface area (Å²) in [6.45, 7) is 8.47. The van der Waals surface area contributed by atoms with E-state index in [1.165, 1.54) is 0 Å². The van der Waals surface area contributed by atoms with Crippen molar-refractivity contribution < 1.29 is 0 Å². The SMILES string of the molecule is Cc1cccc(-c2[nH]c(C(C)(C)C)nc2-c2cccc(Br)c2)n1. The topological polar surface area (TPSA) is 41.6 Å². The molecular weight excluding hydrogens is 350 g/mol. The molecule has 1 aromatic carbocycles. The van der Waals surface area contributed by atoms with Crippen molar-refractivity contribution in [2.24, 2.45) is 0 Å². The molecular formula is C19H20BrN3. The Morgan fingerprint density at radius 1 is 1.00 bits per heavy atom. The number of aromatic nitrogens is 3. The molecule has 1 N–H and O–H groups in total. The average molecular weight is 370 g/mol. The molecule has 2 aromatic heterocycles. The number of H-pyrrole nitrogens is 1. The van der Waals surface area contributed by atoms with Crippen LogP contribution in [0.1, 0.15) is 32.3 Å². The fourth-order valence-corrected chi connectivity index (χ4v) is 2.84. The minimum atomic E-state index is -0.0527. The molecule has 3 aromatic rings. The van der Waals surface area contributed by atoms with Gasteiger partial charge in [0, 0.05) is 21.1 Å². The number of aryl methyl sites for hydroxylation is 1. The van der Waals surface area contributed by atoms with Crippen molar-refractivity contribution in [1.29, 1.82) is 0 Å². The van der Waals surface area contributed by atoms with E-state index < -0.39 is 0 Å². The molecule has 0 unspecified atom stereocenters. The number of hydrogen-bond donors (Lipinski definition) is 1. The maximum absolute atomic E-state index is 4.88. The number of pyridine rings is 1. The van der Waals surface area contributed by atoms with Crippen LogP contribution in [-0.4, -0.2) is 15.0 Å². The molecule has 4 heteroatoms. The van der Waals surface area contributed by atoms with Crippen LogP contribution >= 0.6 is 15.9 Å². The minimum absolute atomic E-state index is 0.0527. The first-order valence-electron chi connectivity index (χ1n) is 7.65. The van der Waals surface area contributed by atoms with Crippen molar-refractivity contribution in [2.45, 2.75) is 33.1 Å². The van der Waals surface area contributed by atoms with Crippen molar-refractivity contribution >= 4 is 15.9 Å².